The van der Waals surface area contributed by atoms with Crippen LogP contribution in [-0.4, -0.2) is 17.2 Å². The lowest BCUT2D eigenvalue weighted by molar-refractivity contribution is 0.329. The van der Waals surface area contributed by atoms with Crippen LogP contribution < -0.4 is 5.32 Å². The van der Waals surface area contributed by atoms with Gasteiger partial charge in [-0.1, -0.05) is 27.7 Å². The average molecular weight is 211 g/mol. The van der Waals surface area contributed by atoms with Crippen LogP contribution in [0.25, 0.3) is 0 Å². The van der Waals surface area contributed by atoms with Crippen molar-refractivity contribution >= 4 is 0 Å². The zero-order valence-corrected chi connectivity index (χ0v) is 10.3. The first-order valence-corrected chi connectivity index (χ1v) is 5.46. The molecule has 4 nitrogen and oxygen atoms in total. The SMILES string of the molecule is CCC(NC)c1nnc(CC(C)(C)C)o1. The third-order valence-corrected chi connectivity index (χ3v) is 2.22. The highest BCUT2D eigenvalue weighted by Crippen LogP contribution is 2.21. The molecule has 15 heavy (non-hydrogen) atoms. The van der Waals surface area contributed by atoms with Gasteiger partial charge in [-0.2, -0.15) is 0 Å². The van der Waals surface area contributed by atoms with E-state index in [1.165, 1.54) is 0 Å². The number of hydrogen-bond acceptors (Lipinski definition) is 4. The quantitative estimate of drug-likeness (QED) is 0.830. The van der Waals surface area contributed by atoms with E-state index in [-0.39, 0.29) is 11.5 Å². The van der Waals surface area contributed by atoms with Gasteiger partial charge in [-0.25, -0.2) is 0 Å². The van der Waals surface area contributed by atoms with Gasteiger partial charge in [0.1, 0.15) is 0 Å². The van der Waals surface area contributed by atoms with Crippen LogP contribution in [0.1, 0.15) is 51.9 Å². The Kier molecular flexibility index (Phi) is 3.85. The van der Waals surface area contributed by atoms with Crippen molar-refractivity contribution < 1.29 is 4.42 Å². The standard InChI is InChI=1S/C11H21N3O/c1-6-8(12-5)10-14-13-9(15-10)7-11(2,3)4/h8,12H,6-7H2,1-5H3. The van der Waals surface area contributed by atoms with Crippen LogP contribution in [0.3, 0.4) is 0 Å². The lowest BCUT2D eigenvalue weighted by Gasteiger charge is -2.14. The molecule has 1 aromatic rings. The van der Waals surface area contributed by atoms with Crippen molar-refractivity contribution in [3.8, 4) is 0 Å². The Morgan fingerprint density at radius 1 is 1.33 bits per heavy atom. The van der Waals surface area contributed by atoms with E-state index < -0.39 is 0 Å². The molecule has 4 heteroatoms. The van der Waals surface area contributed by atoms with E-state index in [2.05, 4.69) is 43.2 Å². The van der Waals surface area contributed by atoms with Gasteiger partial charge in [-0.3, -0.25) is 0 Å². The molecule has 0 fully saturated rings. The van der Waals surface area contributed by atoms with Crippen LogP contribution in [0.5, 0.6) is 0 Å². The van der Waals surface area contributed by atoms with Crippen molar-refractivity contribution in [3.05, 3.63) is 11.8 Å². The lowest BCUT2D eigenvalue weighted by Crippen LogP contribution is -2.15. The predicted octanol–water partition coefficient (Wildman–Crippen LogP) is 2.33. The molecule has 0 aliphatic rings. The lowest BCUT2D eigenvalue weighted by atomic mass is 9.92. The Labute approximate surface area is 91.5 Å². The van der Waals surface area contributed by atoms with Gasteiger partial charge in [0.05, 0.1) is 6.04 Å². The second-order valence-corrected chi connectivity index (χ2v) is 5.02. The normalized spacial score (nSPS) is 14.2. The van der Waals surface area contributed by atoms with Gasteiger partial charge in [0.2, 0.25) is 11.8 Å². The molecule has 0 aromatic carbocycles. The fourth-order valence-electron chi connectivity index (χ4n) is 1.43. The van der Waals surface area contributed by atoms with E-state index in [9.17, 15) is 0 Å². The third-order valence-electron chi connectivity index (χ3n) is 2.22. The minimum absolute atomic E-state index is 0.172. The van der Waals surface area contributed by atoms with Crippen LogP contribution in [0.4, 0.5) is 0 Å². The number of rotatable bonds is 4. The van der Waals surface area contributed by atoms with Gasteiger partial charge in [0.25, 0.3) is 0 Å². The molecule has 1 aromatic heterocycles. The molecule has 0 saturated heterocycles. The van der Waals surface area contributed by atoms with Gasteiger partial charge in [0, 0.05) is 6.42 Å². The summed E-state index contributed by atoms with van der Waals surface area (Å²) in [5, 5.41) is 11.3. The molecule has 0 radical (unpaired) electrons. The average Bonchev–Trinajstić information content (AvgIpc) is 2.52. The molecule has 0 saturated carbocycles. The maximum absolute atomic E-state index is 5.62. The molecule has 1 heterocycles. The summed E-state index contributed by atoms with van der Waals surface area (Å²) in [6.07, 6.45) is 1.77. The van der Waals surface area contributed by atoms with E-state index in [1.54, 1.807) is 0 Å². The molecule has 0 spiro atoms. The Morgan fingerprint density at radius 2 is 2.00 bits per heavy atom. The van der Waals surface area contributed by atoms with E-state index in [1.807, 2.05) is 7.05 Å². The fourth-order valence-corrected chi connectivity index (χ4v) is 1.43. The molecule has 1 rings (SSSR count). The Balaban J connectivity index is 2.71. The minimum Gasteiger partial charge on any atom is -0.424 e. The highest BCUT2D eigenvalue weighted by Gasteiger charge is 2.19. The van der Waals surface area contributed by atoms with Crippen molar-refractivity contribution in [2.45, 2.75) is 46.6 Å². The van der Waals surface area contributed by atoms with Crippen LogP contribution in [0.15, 0.2) is 4.42 Å². The Hall–Kier alpha value is -0.900. The highest BCUT2D eigenvalue weighted by atomic mass is 16.4. The molecule has 1 atom stereocenters. The van der Waals surface area contributed by atoms with Gasteiger partial charge in [0.15, 0.2) is 0 Å². The van der Waals surface area contributed by atoms with Crippen LogP contribution in [-0.2, 0) is 6.42 Å². The van der Waals surface area contributed by atoms with E-state index >= 15 is 0 Å². The maximum Gasteiger partial charge on any atom is 0.233 e. The van der Waals surface area contributed by atoms with Crippen molar-refractivity contribution in [2.24, 2.45) is 5.41 Å². The number of nitrogens with one attached hydrogen (secondary N) is 1. The molecule has 1 N–H and O–H groups in total. The van der Waals surface area contributed by atoms with Crippen molar-refractivity contribution in [3.63, 3.8) is 0 Å². The molecule has 1 unspecified atom stereocenters. The number of nitrogens with zero attached hydrogens (tertiary/aromatic N) is 2. The molecule has 0 aliphatic carbocycles. The summed E-state index contributed by atoms with van der Waals surface area (Å²) in [6, 6.07) is 0.172. The topological polar surface area (TPSA) is 51.0 Å². The monoisotopic (exact) mass is 211 g/mol. The third kappa shape index (κ3) is 3.63. The summed E-state index contributed by atoms with van der Waals surface area (Å²) in [4.78, 5) is 0. The predicted molar refractivity (Wildman–Crippen MR) is 59.5 cm³/mol. The van der Waals surface area contributed by atoms with Crippen LogP contribution in [0.2, 0.25) is 0 Å². The van der Waals surface area contributed by atoms with E-state index in [4.69, 9.17) is 4.42 Å². The smallest absolute Gasteiger partial charge is 0.233 e. The minimum atomic E-state index is 0.172. The summed E-state index contributed by atoms with van der Waals surface area (Å²) in [5.74, 6) is 1.42. The molecular weight excluding hydrogens is 190 g/mol. The molecule has 0 bridgehead atoms. The maximum atomic E-state index is 5.62. The zero-order chi connectivity index (χ0) is 11.5. The first-order chi connectivity index (χ1) is 6.96. The summed E-state index contributed by atoms with van der Waals surface area (Å²) in [7, 11) is 1.90. The second kappa shape index (κ2) is 4.75. The Morgan fingerprint density at radius 3 is 2.47 bits per heavy atom. The summed E-state index contributed by atoms with van der Waals surface area (Å²) in [5.41, 5.74) is 0.186. The first-order valence-electron chi connectivity index (χ1n) is 5.46. The molecule has 0 aliphatic heterocycles. The van der Waals surface area contributed by atoms with Gasteiger partial charge < -0.3 is 9.73 Å². The summed E-state index contributed by atoms with van der Waals surface area (Å²) in [6.45, 7) is 8.57. The van der Waals surface area contributed by atoms with Crippen LogP contribution >= 0.6 is 0 Å². The fraction of sp³-hybridized carbons (Fsp3) is 0.818. The number of aromatic nitrogens is 2. The van der Waals surface area contributed by atoms with Crippen molar-refractivity contribution in [1.29, 1.82) is 0 Å². The summed E-state index contributed by atoms with van der Waals surface area (Å²) < 4.78 is 5.62. The van der Waals surface area contributed by atoms with E-state index in [0.717, 1.165) is 18.7 Å². The Bertz CT molecular complexity index is 297. The van der Waals surface area contributed by atoms with Crippen LogP contribution in [0, 0.1) is 5.41 Å². The highest BCUT2D eigenvalue weighted by molar-refractivity contribution is 4.91. The van der Waals surface area contributed by atoms with Crippen molar-refractivity contribution in [2.75, 3.05) is 7.05 Å². The molecular formula is C11H21N3O. The van der Waals surface area contributed by atoms with Gasteiger partial charge in [-0.05, 0) is 18.9 Å². The zero-order valence-electron chi connectivity index (χ0n) is 10.3. The largest absolute Gasteiger partial charge is 0.424 e. The van der Waals surface area contributed by atoms with E-state index in [0.29, 0.717) is 5.89 Å². The molecule has 86 valence electrons. The van der Waals surface area contributed by atoms with Gasteiger partial charge >= 0.3 is 0 Å². The first kappa shape index (κ1) is 12.2. The van der Waals surface area contributed by atoms with Gasteiger partial charge in [-0.15, -0.1) is 10.2 Å². The number of hydrogen-bond donors (Lipinski definition) is 1. The second-order valence-electron chi connectivity index (χ2n) is 5.02. The molecule has 0 amide bonds. The summed E-state index contributed by atoms with van der Waals surface area (Å²) >= 11 is 0. The van der Waals surface area contributed by atoms with Crippen molar-refractivity contribution in [1.82, 2.24) is 15.5 Å².